The Morgan fingerprint density at radius 1 is 1.38 bits per heavy atom. The number of likely N-dealkylation sites (N-methyl/N-ethyl adjacent to an activating group) is 1. The molecule has 0 aliphatic heterocycles. The summed E-state index contributed by atoms with van der Waals surface area (Å²) in [6, 6.07) is 4.73. The van der Waals surface area contributed by atoms with Crippen LogP contribution in [0.5, 0.6) is 0 Å². The summed E-state index contributed by atoms with van der Waals surface area (Å²) >= 11 is 0. The number of aryl methyl sites for hydroxylation is 1. The number of anilines is 1. The number of carbonyl (C=O) groups excluding carboxylic acids is 1. The number of nitrogen functional groups attached to an aromatic ring is 1. The Morgan fingerprint density at radius 2 is 2.00 bits per heavy atom. The van der Waals surface area contributed by atoms with Crippen LogP contribution in [0.3, 0.4) is 0 Å². The molecule has 7 heteroatoms. The maximum atomic E-state index is 12.4. The first-order valence-corrected chi connectivity index (χ1v) is 8.17. The quantitative estimate of drug-likeness (QED) is 0.765. The molecule has 1 aromatic carbocycles. The molecular weight excluding hydrogens is 290 g/mol. The van der Waals surface area contributed by atoms with Crippen LogP contribution in [0, 0.1) is 12.8 Å². The second kappa shape index (κ2) is 6.91. The molecule has 0 aromatic heterocycles. The Hall–Kier alpha value is -1.60. The monoisotopic (exact) mass is 313 g/mol. The van der Waals surface area contributed by atoms with Crippen molar-refractivity contribution in [2.24, 2.45) is 5.92 Å². The predicted octanol–water partition coefficient (Wildman–Crippen LogP) is 0.970. The van der Waals surface area contributed by atoms with Crippen molar-refractivity contribution < 1.29 is 13.2 Å². The highest BCUT2D eigenvalue weighted by molar-refractivity contribution is 7.89. The number of nitrogens with zero attached hydrogens (tertiary/aromatic N) is 1. The van der Waals surface area contributed by atoms with Crippen LogP contribution in [0.1, 0.15) is 19.4 Å². The smallest absolute Gasteiger partial charge is 0.245 e. The first-order chi connectivity index (χ1) is 9.64. The van der Waals surface area contributed by atoms with Crippen molar-refractivity contribution in [3.63, 3.8) is 0 Å². The first-order valence-electron chi connectivity index (χ1n) is 6.73. The van der Waals surface area contributed by atoms with E-state index in [0.29, 0.717) is 12.5 Å². The van der Waals surface area contributed by atoms with Crippen molar-refractivity contribution in [2.45, 2.75) is 25.7 Å². The maximum absolute atomic E-state index is 12.4. The summed E-state index contributed by atoms with van der Waals surface area (Å²) < 4.78 is 25.8. The van der Waals surface area contributed by atoms with Crippen LogP contribution in [-0.2, 0) is 14.8 Å². The summed E-state index contributed by atoms with van der Waals surface area (Å²) in [4.78, 5) is 11.7. The van der Waals surface area contributed by atoms with E-state index in [1.807, 2.05) is 20.8 Å². The molecule has 1 aromatic rings. The minimum absolute atomic E-state index is 0.0206. The summed E-state index contributed by atoms with van der Waals surface area (Å²) in [6.45, 7) is 6.04. The Balaban J connectivity index is 2.85. The maximum Gasteiger partial charge on any atom is 0.245 e. The van der Waals surface area contributed by atoms with Gasteiger partial charge in [0.1, 0.15) is 4.90 Å². The second-order valence-electron chi connectivity index (χ2n) is 5.50. The third kappa shape index (κ3) is 4.71. The van der Waals surface area contributed by atoms with Crippen molar-refractivity contribution in [1.29, 1.82) is 0 Å². The van der Waals surface area contributed by atoms with Crippen LogP contribution in [-0.4, -0.2) is 38.8 Å². The molecule has 0 spiro atoms. The van der Waals surface area contributed by atoms with Gasteiger partial charge in [-0.05, 0) is 30.5 Å². The summed E-state index contributed by atoms with van der Waals surface area (Å²) in [5.41, 5.74) is 6.83. The van der Waals surface area contributed by atoms with Crippen LogP contribution in [0.15, 0.2) is 23.1 Å². The lowest BCUT2D eigenvalue weighted by atomic mass is 10.2. The van der Waals surface area contributed by atoms with E-state index in [4.69, 9.17) is 5.73 Å². The van der Waals surface area contributed by atoms with E-state index in [0.717, 1.165) is 9.87 Å². The summed E-state index contributed by atoms with van der Waals surface area (Å²) in [5, 5.41) is 2.68. The molecule has 0 saturated heterocycles. The molecule has 0 heterocycles. The standard InChI is InChI=1S/C14H23N3O3S/c1-10(2)8-16-14(18)9-17(4)21(19,20)13-6-5-11(3)7-12(13)15/h5-7,10H,8-9,15H2,1-4H3,(H,16,18). The van der Waals surface area contributed by atoms with Crippen LogP contribution in [0.25, 0.3) is 0 Å². The van der Waals surface area contributed by atoms with Gasteiger partial charge in [-0.15, -0.1) is 0 Å². The zero-order valence-corrected chi connectivity index (χ0v) is 13.7. The van der Waals surface area contributed by atoms with E-state index >= 15 is 0 Å². The fraction of sp³-hybridized carbons (Fsp3) is 0.500. The summed E-state index contributed by atoms with van der Waals surface area (Å²) in [7, 11) is -2.41. The molecule has 0 saturated carbocycles. The number of rotatable bonds is 6. The number of nitrogens with two attached hydrogens (primary N) is 1. The number of hydrogen-bond acceptors (Lipinski definition) is 4. The molecule has 0 unspecified atom stereocenters. The van der Waals surface area contributed by atoms with Gasteiger partial charge in [-0.1, -0.05) is 19.9 Å². The van der Waals surface area contributed by atoms with Crippen molar-refractivity contribution in [2.75, 3.05) is 25.9 Å². The fourth-order valence-corrected chi connectivity index (χ4v) is 2.95. The predicted molar refractivity (Wildman–Crippen MR) is 83.3 cm³/mol. The minimum atomic E-state index is -3.77. The van der Waals surface area contributed by atoms with E-state index in [2.05, 4.69) is 5.32 Å². The number of hydrogen-bond donors (Lipinski definition) is 2. The van der Waals surface area contributed by atoms with Gasteiger partial charge in [0, 0.05) is 13.6 Å². The Morgan fingerprint density at radius 3 is 2.52 bits per heavy atom. The lowest BCUT2D eigenvalue weighted by molar-refractivity contribution is -0.121. The van der Waals surface area contributed by atoms with Crippen LogP contribution in [0.4, 0.5) is 5.69 Å². The highest BCUT2D eigenvalue weighted by atomic mass is 32.2. The summed E-state index contributed by atoms with van der Waals surface area (Å²) in [6.07, 6.45) is 0. The number of amides is 1. The Labute approximate surface area is 126 Å². The van der Waals surface area contributed by atoms with Gasteiger partial charge in [0.05, 0.1) is 12.2 Å². The molecule has 0 atom stereocenters. The van der Waals surface area contributed by atoms with Gasteiger partial charge in [0.15, 0.2) is 0 Å². The molecule has 0 bridgehead atoms. The van der Waals surface area contributed by atoms with Gasteiger partial charge in [-0.2, -0.15) is 4.31 Å². The molecule has 0 aliphatic rings. The number of carbonyl (C=O) groups is 1. The van der Waals surface area contributed by atoms with Gasteiger partial charge < -0.3 is 11.1 Å². The minimum Gasteiger partial charge on any atom is -0.398 e. The third-order valence-electron chi connectivity index (χ3n) is 2.93. The van der Waals surface area contributed by atoms with E-state index in [1.165, 1.54) is 13.1 Å². The van der Waals surface area contributed by atoms with Crippen molar-refractivity contribution in [3.05, 3.63) is 23.8 Å². The van der Waals surface area contributed by atoms with Crippen molar-refractivity contribution in [1.82, 2.24) is 9.62 Å². The average Bonchev–Trinajstić information content (AvgIpc) is 2.35. The number of benzene rings is 1. The molecule has 1 amide bonds. The van der Waals surface area contributed by atoms with Gasteiger partial charge in [-0.3, -0.25) is 4.79 Å². The van der Waals surface area contributed by atoms with Crippen LogP contribution in [0.2, 0.25) is 0 Å². The van der Waals surface area contributed by atoms with E-state index in [-0.39, 0.29) is 23.0 Å². The van der Waals surface area contributed by atoms with Crippen LogP contribution < -0.4 is 11.1 Å². The SMILES string of the molecule is Cc1ccc(S(=O)(=O)N(C)CC(=O)NCC(C)C)c(N)c1. The van der Waals surface area contributed by atoms with E-state index in [9.17, 15) is 13.2 Å². The van der Waals surface area contributed by atoms with Gasteiger partial charge in [0.25, 0.3) is 0 Å². The zero-order valence-electron chi connectivity index (χ0n) is 12.9. The van der Waals surface area contributed by atoms with Gasteiger partial charge in [0.2, 0.25) is 15.9 Å². The lowest BCUT2D eigenvalue weighted by Gasteiger charge is -2.18. The fourth-order valence-electron chi connectivity index (χ4n) is 1.73. The van der Waals surface area contributed by atoms with Crippen LogP contribution >= 0.6 is 0 Å². The largest absolute Gasteiger partial charge is 0.398 e. The molecule has 6 nitrogen and oxygen atoms in total. The number of nitrogens with one attached hydrogen (secondary N) is 1. The molecule has 3 N–H and O–H groups in total. The highest BCUT2D eigenvalue weighted by Crippen LogP contribution is 2.22. The molecule has 1 rings (SSSR count). The topological polar surface area (TPSA) is 92.5 Å². The normalized spacial score (nSPS) is 11.9. The second-order valence-corrected chi connectivity index (χ2v) is 7.51. The Bertz CT molecular complexity index is 612. The zero-order chi connectivity index (χ0) is 16.2. The Kier molecular flexibility index (Phi) is 5.74. The third-order valence-corrected chi connectivity index (χ3v) is 4.80. The number of sulfonamides is 1. The lowest BCUT2D eigenvalue weighted by Crippen LogP contribution is -2.39. The molecule has 118 valence electrons. The molecule has 21 heavy (non-hydrogen) atoms. The van der Waals surface area contributed by atoms with Gasteiger partial charge in [-0.25, -0.2) is 8.42 Å². The van der Waals surface area contributed by atoms with Crippen molar-refractivity contribution >= 4 is 21.6 Å². The molecular formula is C14H23N3O3S. The van der Waals surface area contributed by atoms with Crippen molar-refractivity contribution in [3.8, 4) is 0 Å². The van der Waals surface area contributed by atoms with Gasteiger partial charge >= 0.3 is 0 Å². The van der Waals surface area contributed by atoms with E-state index in [1.54, 1.807) is 12.1 Å². The summed E-state index contributed by atoms with van der Waals surface area (Å²) in [5.74, 6) is -0.0240. The average molecular weight is 313 g/mol. The molecule has 0 aliphatic carbocycles. The molecule has 0 radical (unpaired) electrons. The first kappa shape index (κ1) is 17.5. The van der Waals surface area contributed by atoms with E-state index < -0.39 is 10.0 Å². The molecule has 0 fully saturated rings. The highest BCUT2D eigenvalue weighted by Gasteiger charge is 2.25.